The van der Waals surface area contributed by atoms with Gasteiger partial charge in [-0.05, 0) is 78.2 Å². The fourth-order valence-electron chi connectivity index (χ4n) is 6.72. The summed E-state index contributed by atoms with van der Waals surface area (Å²) in [5.41, 5.74) is 1.29. The SMILES string of the molecule is Cc1csc(NC(C(=O)NC(Cc2ccccc2)C(O)CN2CC3CCCCC3CC2C(=O)NC(C)(C)C)C(C)(C)S(C)(=O)=O)n1. The minimum atomic E-state index is -3.70. The Morgan fingerprint density at radius 1 is 1.09 bits per heavy atom. The Morgan fingerprint density at radius 2 is 1.74 bits per heavy atom. The molecule has 1 saturated heterocycles. The summed E-state index contributed by atoms with van der Waals surface area (Å²) in [7, 11) is -3.70. The molecule has 2 aromatic rings. The minimum Gasteiger partial charge on any atom is -0.390 e. The van der Waals surface area contributed by atoms with Gasteiger partial charge in [0, 0.05) is 30.3 Å². The van der Waals surface area contributed by atoms with Crippen molar-refractivity contribution in [1.82, 2.24) is 20.5 Å². The van der Waals surface area contributed by atoms with Crippen LogP contribution in [0.1, 0.15) is 78.0 Å². The van der Waals surface area contributed by atoms with E-state index in [-0.39, 0.29) is 24.0 Å². The van der Waals surface area contributed by atoms with E-state index in [2.05, 4.69) is 25.8 Å². The Bertz CT molecular complexity index is 1440. The first-order valence-corrected chi connectivity index (χ1v) is 19.2. The Hall–Kier alpha value is -2.54. The number of aliphatic hydroxyl groups excluding tert-OH is 1. The standard InChI is InChI=1S/C34H53N5O5S2/c1-22-21-45-32(35-22)37-29(34(5,6)46(7,43)44)31(42)36-26(17-23-13-9-8-10-14-23)28(40)20-39-19-25-16-12-11-15-24(25)18-27(39)30(41)38-33(2,3)4/h8-10,13-14,21,24-29,40H,11-12,15-20H2,1-7H3,(H,35,37)(H,36,42)(H,38,41). The molecule has 1 aromatic heterocycles. The van der Waals surface area contributed by atoms with Gasteiger partial charge in [0.05, 0.1) is 28.6 Å². The highest BCUT2D eigenvalue weighted by Crippen LogP contribution is 2.39. The van der Waals surface area contributed by atoms with E-state index in [9.17, 15) is 23.1 Å². The van der Waals surface area contributed by atoms with E-state index in [0.717, 1.165) is 36.8 Å². The molecule has 10 nitrogen and oxygen atoms in total. The highest BCUT2D eigenvalue weighted by atomic mass is 32.2. The van der Waals surface area contributed by atoms with Crippen LogP contribution in [0.5, 0.6) is 0 Å². The monoisotopic (exact) mass is 675 g/mol. The molecule has 12 heteroatoms. The zero-order valence-corrected chi connectivity index (χ0v) is 30.0. The second kappa shape index (κ2) is 14.7. The molecule has 1 aliphatic heterocycles. The molecule has 4 N–H and O–H groups in total. The summed E-state index contributed by atoms with van der Waals surface area (Å²) in [6.07, 6.45) is 5.75. The van der Waals surface area contributed by atoms with Gasteiger partial charge in [0.1, 0.15) is 6.04 Å². The van der Waals surface area contributed by atoms with Crippen molar-refractivity contribution in [2.75, 3.05) is 24.7 Å². The van der Waals surface area contributed by atoms with E-state index >= 15 is 0 Å². The zero-order chi connectivity index (χ0) is 33.9. The van der Waals surface area contributed by atoms with Crippen LogP contribution in [0.2, 0.25) is 0 Å². The van der Waals surface area contributed by atoms with Crippen LogP contribution in [0.4, 0.5) is 5.13 Å². The maximum atomic E-state index is 14.1. The first-order valence-electron chi connectivity index (χ1n) is 16.4. The number of β-amino-alcohol motifs (C(OH)–C–C–N with tert-alkyl or cyclic N) is 1. The largest absolute Gasteiger partial charge is 0.390 e. The number of anilines is 1. The third-order valence-corrected chi connectivity index (χ3v) is 12.7. The molecule has 1 aromatic carbocycles. The number of aryl methyl sites for hydroxylation is 1. The fourth-order valence-corrected chi connectivity index (χ4v) is 8.04. The first-order chi connectivity index (χ1) is 21.4. The number of thiazole rings is 1. The Morgan fingerprint density at radius 3 is 2.33 bits per heavy atom. The van der Waals surface area contributed by atoms with Gasteiger partial charge in [-0.2, -0.15) is 0 Å². The molecule has 4 rings (SSSR count). The van der Waals surface area contributed by atoms with Crippen molar-refractivity contribution in [2.24, 2.45) is 11.8 Å². The number of benzene rings is 1. The number of aliphatic hydroxyl groups is 1. The molecule has 2 heterocycles. The zero-order valence-electron chi connectivity index (χ0n) is 28.4. The van der Waals surface area contributed by atoms with E-state index in [1.165, 1.54) is 38.0 Å². The van der Waals surface area contributed by atoms with Gasteiger partial charge in [0.25, 0.3) is 0 Å². The topological polar surface area (TPSA) is 141 Å². The number of piperidine rings is 1. The number of nitrogens with zero attached hydrogens (tertiary/aromatic N) is 2. The number of sulfone groups is 1. The molecule has 2 aliphatic rings. The first kappa shape index (κ1) is 36.3. The van der Waals surface area contributed by atoms with E-state index in [1.54, 1.807) is 0 Å². The van der Waals surface area contributed by atoms with Crippen LogP contribution in [0.3, 0.4) is 0 Å². The number of rotatable bonds is 12. The number of aromatic nitrogens is 1. The second-order valence-electron chi connectivity index (χ2n) is 14.9. The molecule has 46 heavy (non-hydrogen) atoms. The Balaban J connectivity index is 1.62. The van der Waals surface area contributed by atoms with Crippen LogP contribution in [0, 0.1) is 18.8 Å². The summed E-state index contributed by atoms with van der Waals surface area (Å²) in [6.45, 7) is 11.7. The van der Waals surface area contributed by atoms with Crippen molar-refractivity contribution in [3.63, 3.8) is 0 Å². The molecule has 6 atom stereocenters. The van der Waals surface area contributed by atoms with Crippen molar-refractivity contribution in [2.45, 2.75) is 115 Å². The summed E-state index contributed by atoms with van der Waals surface area (Å²) in [4.78, 5) is 34.2. The molecular weight excluding hydrogens is 623 g/mol. The van der Waals surface area contributed by atoms with Gasteiger partial charge in [0.15, 0.2) is 15.0 Å². The molecule has 256 valence electrons. The number of amides is 2. The van der Waals surface area contributed by atoms with Gasteiger partial charge in [-0.1, -0.05) is 49.6 Å². The van der Waals surface area contributed by atoms with Crippen molar-refractivity contribution in [1.29, 1.82) is 0 Å². The number of nitrogens with one attached hydrogen (secondary N) is 3. The van der Waals surface area contributed by atoms with Crippen LogP contribution in [-0.4, -0.2) is 89.1 Å². The molecule has 0 spiro atoms. The molecule has 2 fully saturated rings. The van der Waals surface area contributed by atoms with Crippen LogP contribution in [-0.2, 0) is 25.8 Å². The minimum absolute atomic E-state index is 0.0368. The van der Waals surface area contributed by atoms with E-state index in [0.29, 0.717) is 29.9 Å². The Kier molecular flexibility index (Phi) is 11.6. The van der Waals surface area contributed by atoms with Crippen molar-refractivity contribution in [3.05, 3.63) is 47.0 Å². The van der Waals surface area contributed by atoms with Gasteiger partial charge >= 0.3 is 0 Å². The van der Waals surface area contributed by atoms with Crippen LogP contribution in [0.15, 0.2) is 35.7 Å². The number of hydrogen-bond donors (Lipinski definition) is 4. The third-order valence-electron chi connectivity index (χ3n) is 9.62. The molecule has 1 saturated carbocycles. The highest BCUT2D eigenvalue weighted by molar-refractivity contribution is 7.92. The second-order valence-corrected chi connectivity index (χ2v) is 18.3. The number of hydrogen-bond acceptors (Lipinski definition) is 9. The molecular formula is C34H53N5O5S2. The van der Waals surface area contributed by atoms with E-state index in [1.807, 2.05) is 63.4 Å². The van der Waals surface area contributed by atoms with Gasteiger partial charge in [0.2, 0.25) is 11.8 Å². The number of likely N-dealkylation sites (tertiary alicyclic amines) is 1. The predicted octanol–water partition coefficient (Wildman–Crippen LogP) is 3.94. The summed E-state index contributed by atoms with van der Waals surface area (Å²) < 4.78 is 24.4. The lowest BCUT2D eigenvalue weighted by molar-refractivity contribution is -0.133. The van der Waals surface area contributed by atoms with Crippen molar-refractivity contribution in [3.8, 4) is 0 Å². The number of fused-ring (bicyclic) bond motifs is 1. The predicted molar refractivity (Wildman–Crippen MR) is 185 cm³/mol. The maximum Gasteiger partial charge on any atom is 0.244 e. The lowest BCUT2D eigenvalue weighted by Crippen LogP contribution is -2.62. The van der Waals surface area contributed by atoms with Crippen LogP contribution in [0.25, 0.3) is 0 Å². The summed E-state index contributed by atoms with van der Waals surface area (Å²) >= 11 is 1.30. The van der Waals surface area contributed by atoms with Crippen molar-refractivity contribution >= 4 is 38.1 Å². The van der Waals surface area contributed by atoms with Crippen LogP contribution < -0.4 is 16.0 Å². The molecule has 0 radical (unpaired) electrons. The molecule has 1 aliphatic carbocycles. The smallest absolute Gasteiger partial charge is 0.244 e. The molecule has 0 bridgehead atoms. The fraction of sp³-hybridized carbons (Fsp3) is 0.676. The quantitative estimate of drug-likeness (QED) is 0.265. The van der Waals surface area contributed by atoms with Gasteiger partial charge < -0.3 is 21.1 Å². The lowest BCUT2D eigenvalue weighted by atomic mass is 9.72. The number of carbonyl (C=O) groups is 2. The molecule has 2 amide bonds. The Labute approximate surface area is 279 Å². The summed E-state index contributed by atoms with van der Waals surface area (Å²) in [5, 5.41) is 23.4. The average Bonchev–Trinajstić information content (AvgIpc) is 3.38. The normalized spacial score (nSPS) is 23.1. The van der Waals surface area contributed by atoms with Crippen molar-refractivity contribution < 1.29 is 23.1 Å². The summed E-state index contributed by atoms with van der Waals surface area (Å²) in [5.74, 6) is 0.367. The van der Waals surface area contributed by atoms with Gasteiger partial charge in [-0.25, -0.2) is 13.4 Å². The summed E-state index contributed by atoms with van der Waals surface area (Å²) in [6, 6.07) is 7.29. The number of carbonyl (C=O) groups excluding carboxylic acids is 2. The lowest BCUT2D eigenvalue weighted by Gasteiger charge is -2.47. The van der Waals surface area contributed by atoms with E-state index in [4.69, 9.17) is 0 Å². The van der Waals surface area contributed by atoms with Gasteiger partial charge in [-0.3, -0.25) is 14.5 Å². The van der Waals surface area contributed by atoms with E-state index < -0.39 is 38.7 Å². The molecule has 6 unspecified atom stereocenters. The highest BCUT2D eigenvalue weighted by Gasteiger charge is 2.46. The van der Waals surface area contributed by atoms with Gasteiger partial charge in [-0.15, -0.1) is 11.3 Å². The maximum absolute atomic E-state index is 14.1. The average molecular weight is 676 g/mol. The van der Waals surface area contributed by atoms with Crippen LogP contribution >= 0.6 is 11.3 Å². The third kappa shape index (κ3) is 9.29.